The van der Waals surface area contributed by atoms with Crippen LogP contribution in [0.15, 0.2) is 0 Å². The minimum absolute atomic E-state index is 0.399. The van der Waals surface area contributed by atoms with Gasteiger partial charge in [-0.15, -0.1) is 0 Å². The number of nitrogens with two attached hydrogens (primary N) is 1. The van der Waals surface area contributed by atoms with E-state index in [1.54, 1.807) is 0 Å². The number of rotatable bonds is 2. The zero-order valence-corrected chi connectivity index (χ0v) is 12.0. The van der Waals surface area contributed by atoms with Gasteiger partial charge in [-0.3, -0.25) is 9.80 Å². The van der Waals surface area contributed by atoms with Gasteiger partial charge in [-0.1, -0.05) is 13.8 Å². The lowest BCUT2D eigenvalue weighted by atomic mass is 9.76. The Kier molecular flexibility index (Phi) is 3.65. The monoisotopic (exact) mass is 251 g/mol. The van der Waals surface area contributed by atoms with Crippen molar-refractivity contribution < 1.29 is 0 Å². The quantitative estimate of drug-likeness (QED) is 0.808. The molecule has 2 saturated carbocycles. The molecule has 2 N–H and O–H groups in total. The molecule has 4 atom stereocenters. The maximum atomic E-state index is 6.44. The van der Waals surface area contributed by atoms with Gasteiger partial charge < -0.3 is 5.73 Å². The van der Waals surface area contributed by atoms with Gasteiger partial charge in [0.25, 0.3) is 0 Å². The maximum absolute atomic E-state index is 6.44. The molecule has 0 aromatic heterocycles. The van der Waals surface area contributed by atoms with Gasteiger partial charge in [0.05, 0.1) is 0 Å². The molecule has 1 saturated heterocycles. The highest BCUT2D eigenvalue weighted by molar-refractivity contribution is 4.95. The SMILES string of the molecule is CC1CC(C)C(N2CCN(C3CC3)CC2)C(N)C1. The average Bonchev–Trinajstić information content (AvgIpc) is 3.12. The van der Waals surface area contributed by atoms with Gasteiger partial charge in [-0.25, -0.2) is 0 Å². The van der Waals surface area contributed by atoms with Crippen molar-refractivity contribution in [3.05, 3.63) is 0 Å². The van der Waals surface area contributed by atoms with E-state index in [1.165, 1.54) is 51.9 Å². The number of nitrogens with zero attached hydrogens (tertiary/aromatic N) is 2. The lowest BCUT2D eigenvalue weighted by molar-refractivity contribution is 0.0308. The Balaban J connectivity index is 1.57. The molecule has 3 fully saturated rings. The topological polar surface area (TPSA) is 32.5 Å². The molecule has 0 bridgehead atoms. The summed E-state index contributed by atoms with van der Waals surface area (Å²) >= 11 is 0. The minimum atomic E-state index is 0.399. The second-order valence-electron chi connectivity index (χ2n) is 7.01. The fourth-order valence-electron chi connectivity index (χ4n) is 4.37. The van der Waals surface area contributed by atoms with Gasteiger partial charge in [-0.05, 0) is 37.5 Å². The van der Waals surface area contributed by atoms with Crippen molar-refractivity contribution in [1.29, 1.82) is 0 Å². The van der Waals surface area contributed by atoms with Gasteiger partial charge in [0.15, 0.2) is 0 Å². The standard InChI is InChI=1S/C15H29N3/c1-11-9-12(2)15(14(16)10-11)18-7-5-17(6-8-18)13-3-4-13/h11-15H,3-10,16H2,1-2H3. The van der Waals surface area contributed by atoms with E-state index in [2.05, 4.69) is 23.6 Å². The zero-order valence-electron chi connectivity index (χ0n) is 12.0. The van der Waals surface area contributed by atoms with E-state index in [1.807, 2.05) is 0 Å². The number of hydrogen-bond donors (Lipinski definition) is 1. The van der Waals surface area contributed by atoms with Gasteiger partial charge in [0, 0.05) is 44.3 Å². The van der Waals surface area contributed by atoms with Crippen LogP contribution in [0.25, 0.3) is 0 Å². The smallest absolute Gasteiger partial charge is 0.0274 e. The van der Waals surface area contributed by atoms with Crippen molar-refractivity contribution in [2.75, 3.05) is 26.2 Å². The first-order valence-corrected chi connectivity index (χ1v) is 7.89. The summed E-state index contributed by atoms with van der Waals surface area (Å²) < 4.78 is 0. The second kappa shape index (κ2) is 5.10. The molecule has 18 heavy (non-hydrogen) atoms. The van der Waals surface area contributed by atoms with Crippen molar-refractivity contribution in [2.24, 2.45) is 17.6 Å². The molecular weight excluding hydrogens is 222 g/mol. The summed E-state index contributed by atoms with van der Waals surface area (Å²) in [5, 5.41) is 0. The first kappa shape index (κ1) is 12.9. The normalized spacial score (nSPS) is 44.2. The summed E-state index contributed by atoms with van der Waals surface area (Å²) in [7, 11) is 0. The molecule has 104 valence electrons. The van der Waals surface area contributed by atoms with E-state index in [0.717, 1.165) is 17.9 Å². The van der Waals surface area contributed by atoms with Gasteiger partial charge >= 0.3 is 0 Å². The Morgan fingerprint density at radius 2 is 1.50 bits per heavy atom. The predicted molar refractivity (Wildman–Crippen MR) is 75.5 cm³/mol. The fourth-order valence-corrected chi connectivity index (χ4v) is 4.37. The molecule has 1 aliphatic heterocycles. The van der Waals surface area contributed by atoms with Crippen LogP contribution >= 0.6 is 0 Å². The Morgan fingerprint density at radius 1 is 0.889 bits per heavy atom. The van der Waals surface area contributed by atoms with E-state index in [-0.39, 0.29) is 0 Å². The molecule has 0 aromatic carbocycles. The second-order valence-corrected chi connectivity index (χ2v) is 7.01. The molecule has 0 aromatic rings. The van der Waals surface area contributed by atoms with Crippen molar-refractivity contribution in [1.82, 2.24) is 9.80 Å². The molecule has 3 heteroatoms. The van der Waals surface area contributed by atoms with E-state index in [4.69, 9.17) is 5.73 Å². The van der Waals surface area contributed by atoms with E-state index in [9.17, 15) is 0 Å². The third kappa shape index (κ3) is 2.59. The molecule has 3 rings (SSSR count). The Hall–Kier alpha value is -0.120. The average molecular weight is 251 g/mol. The molecule has 0 amide bonds. The number of hydrogen-bond acceptors (Lipinski definition) is 3. The molecular formula is C15H29N3. The van der Waals surface area contributed by atoms with Crippen molar-refractivity contribution in [2.45, 2.75) is 57.7 Å². The third-order valence-corrected chi connectivity index (χ3v) is 5.30. The van der Waals surface area contributed by atoms with E-state index >= 15 is 0 Å². The summed E-state index contributed by atoms with van der Waals surface area (Å²) in [4.78, 5) is 5.39. The summed E-state index contributed by atoms with van der Waals surface area (Å²) in [5.41, 5.74) is 6.44. The highest BCUT2D eigenvalue weighted by Crippen LogP contribution is 2.33. The van der Waals surface area contributed by atoms with Crippen molar-refractivity contribution >= 4 is 0 Å². The third-order valence-electron chi connectivity index (χ3n) is 5.30. The van der Waals surface area contributed by atoms with Gasteiger partial charge in [-0.2, -0.15) is 0 Å². The van der Waals surface area contributed by atoms with Crippen molar-refractivity contribution in [3.63, 3.8) is 0 Å². The predicted octanol–water partition coefficient (Wildman–Crippen LogP) is 1.53. The molecule has 0 spiro atoms. The molecule has 1 heterocycles. The molecule has 4 unspecified atom stereocenters. The van der Waals surface area contributed by atoms with Crippen LogP contribution in [0.3, 0.4) is 0 Å². The number of piperazine rings is 1. The summed E-state index contributed by atoms with van der Waals surface area (Å²) in [6, 6.07) is 1.98. The van der Waals surface area contributed by atoms with Crippen LogP contribution in [0.1, 0.15) is 39.5 Å². The minimum Gasteiger partial charge on any atom is -0.326 e. The Labute approximate surface area is 112 Å². The maximum Gasteiger partial charge on any atom is 0.0274 e. The molecule has 3 nitrogen and oxygen atoms in total. The van der Waals surface area contributed by atoms with Crippen LogP contribution in [0.2, 0.25) is 0 Å². The van der Waals surface area contributed by atoms with Crippen LogP contribution in [-0.4, -0.2) is 54.1 Å². The summed E-state index contributed by atoms with van der Waals surface area (Å²) in [6.07, 6.45) is 5.47. The Bertz CT molecular complexity index is 269. The molecule has 0 radical (unpaired) electrons. The van der Waals surface area contributed by atoms with Gasteiger partial charge in [0.2, 0.25) is 0 Å². The highest BCUT2D eigenvalue weighted by atomic mass is 15.3. The van der Waals surface area contributed by atoms with Crippen LogP contribution in [0.5, 0.6) is 0 Å². The van der Waals surface area contributed by atoms with Crippen LogP contribution < -0.4 is 5.73 Å². The van der Waals surface area contributed by atoms with Crippen LogP contribution in [0, 0.1) is 11.8 Å². The van der Waals surface area contributed by atoms with Crippen molar-refractivity contribution in [3.8, 4) is 0 Å². The largest absolute Gasteiger partial charge is 0.326 e. The Morgan fingerprint density at radius 3 is 2.06 bits per heavy atom. The fraction of sp³-hybridized carbons (Fsp3) is 1.00. The highest BCUT2D eigenvalue weighted by Gasteiger charge is 2.38. The summed E-state index contributed by atoms with van der Waals surface area (Å²) in [5.74, 6) is 1.59. The van der Waals surface area contributed by atoms with Crippen LogP contribution in [-0.2, 0) is 0 Å². The molecule has 3 aliphatic rings. The first-order chi connectivity index (χ1) is 8.65. The lowest BCUT2D eigenvalue weighted by Gasteiger charge is -2.47. The molecule has 2 aliphatic carbocycles. The first-order valence-electron chi connectivity index (χ1n) is 7.89. The van der Waals surface area contributed by atoms with Crippen LogP contribution in [0.4, 0.5) is 0 Å². The zero-order chi connectivity index (χ0) is 12.7. The summed E-state index contributed by atoms with van der Waals surface area (Å²) in [6.45, 7) is 9.80. The van der Waals surface area contributed by atoms with E-state index in [0.29, 0.717) is 12.1 Å². The van der Waals surface area contributed by atoms with E-state index < -0.39 is 0 Å². The lowest BCUT2D eigenvalue weighted by Crippen LogP contribution is -2.60. The van der Waals surface area contributed by atoms with Gasteiger partial charge in [0.1, 0.15) is 0 Å².